The van der Waals surface area contributed by atoms with Gasteiger partial charge in [0.1, 0.15) is 5.82 Å². The van der Waals surface area contributed by atoms with Crippen LogP contribution >= 0.6 is 0 Å². The molecule has 1 aliphatic heterocycles. The minimum atomic E-state index is 0.421. The Balaban J connectivity index is 2.26. The molecule has 0 atom stereocenters. The zero-order chi connectivity index (χ0) is 10.5. The van der Waals surface area contributed by atoms with Crippen molar-refractivity contribution in [3.05, 3.63) is 5.69 Å². The van der Waals surface area contributed by atoms with Crippen LogP contribution in [-0.4, -0.2) is 22.9 Å². The zero-order valence-electron chi connectivity index (χ0n) is 9.33. The van der Waals surface area contributed by atoms with E-state index >= 15 is 0 Å². The molecule has 1 aromatic heterocycles. The highest BCUT2D eigenvalue weighted by Gasteiger charge is 2.36. The zero-order valence-corrected chi connectivity index (χ0v) is 9.33. The van der Waals surface area contributed by atoms with Gasteiger partial charge in [-0.3, -0.25) is 4.68 Å². The maximum absolute atomic E-state index is 5.98. The molecule has 0 aromatic carbocycles. The Morgan fingerprint density at radius 1 is 1.36 bits per heavy atom. The van der Waals surface area contributed by atoms with Gasteiger partial charge in [0.2, 0.25) is 0 Å². The molecular formula is C10H18N4. The Labute approximate surface area is 84.7 Å². The number of aromatic nitrogens is 2. The number of nitrogens with zero attached hydrogens (tertiary/aromatic N) is 3. The fraction of sp³-hybridized carbons (Fsp3) is 0.700. The van der Waals surface area contributed by atoms with Crippen molar-refractivity contribution in [2.45, 2.75) is 20.8 Å². The predicted molar refractivity (Wildman–Crippen MR) is 58.4 cm³/mol. The topological polar surface area (TPSA) is 47.1 Å². The van der Waals surface area contributed by atoms with Gasteiger partial charge in [-0.15, -0.1) is 0 Å². The molecule has 0 unspecified atom stereocenters. The molecule has 2 heterocycles. The van der Waals surface area contributed by atoms with Crippen LogP contribution in [0.5, 0.6) is 0 Å². The van der Waals surface area contributed by atoms with Gasteiger partial charge in [0.15, 0.2) is 0 Å². The molecule has 1 aromatic rings. The van der Waals surface area contributed by atoms with E-state index in [9.17, 15) is 0 Å². The number of nitrogens with two attached hydrogens (primary N) is 1. The molecule has 0 bridgehead atoms. The van der Waals surface area contributed by atoms with Gasteiger partial charge in [0.05, 0.1) is 11.4 Å². The van der Waals surface area contributed by atoms with Crippen molar-refractivity contribution in [1.29, 1.82) is 0 Å². The predicted octanol–water partition coefficient (Wildman–Crippen LogP) is 1.16. The van der Waals surface area contributed by atoms with Gasteiger partial charge in [-0.25, -0.2) is 0 Å². The number of rotatable bonds is 1. The highest BCUT2D eigenvalue weighted by Crippen LogP contribution is 2.36. The summed E-state index contributed by atoms with van der Waals surface area (Å²) in [6.07, 6.45) is 0. The lowest BCUT2D eigenvalue weighted by Gasteiger charge is -2.47. The van der Waals surface area contributed by atoms with Gasteiger partial charge in [0.25, 0.3) is 0 Å². The summed E-state index contributed by atoms with van der Waals surface area (Å²) in [7, 11) is 1.95. The average Bonchev–Trinajstić information content (AvgIpc) is 2.22. The van der Waals surface area contributed by atoms with Crippen LogP contribution < -0.4 is 10.6 Å². The van der Waals surface area contributed by atoms with Crippen LogP contribution in [0.4, 0.5) is 11.5 Å². The van der Waals surface area contributed by atoms with Gasteiger partial charge in [0, 0.05) is 20.1 Å². The number of hydrogen-bond donors (Lipinski definition) is 1. The van der Waals surface area contributed by atoms with E-state index in [-0.39, 0.29) is 0 Å². The summed E-state index contributed by atoms with van der Waals surface area (Å²) in [5, 5.41) is 4.31. The summed E-state index contributed by atoms with van der Waals surface area (Å²) in [5.41, 5.74) is 8.14. The van der Waals surface area contributed by atoms with Gasteiger partial charge in [-0.2, -0.15) is 5.10 Å². The third-order valence-electron chi connectivity index (χ3n) is 2.77. The molecule has 0 aliphatic carbocycles. The number of nitrogen functional groups attached to an aromatic ring is 1. The second-order valence-corrected chi connectivity index (χ2v) is 4.97. The van der Waals surface area contributed by atoms with Crippen LogP contribution in [-0.2, 0) is 7.05 Å². The molecule has 14 heavy (non-hydrogen) atoms. The lowest BCUT2D eigenvalue weighted by atomic mass is 9.84. The van der Waals surface area contributed by atoms with Gasteiger partial charge in [-0.1, -0.05) is 13.8 Å². The third-order valence-corrected chi connectivity index (χ3v) is 2.77. The molecule has 1 aliphatic rings. The summed E-state index contributed by atoms with van der Waals surface area (Å²) in [6, 6.07) is 0. The monoisotopic (exact) mass is 194 g/mol. The van der Waals surface area contributed by atoms with Gasteiger partial charge >= 0.3 is 0 Å². The number of anilines is 2. The SMILES string of the molecule is Cc1nn(C)c(N2CC(C)(C)C2)c1N. The Morgan fingerprint density at radius 2 is 1.93 bits per heavy atom. The van der Waals surface area contributed by atoms with Crippen molar-refractivity contribution >= 4 is 11.5 Å². The van der Waals surface area contributed by atoms with Crippen molar-refractivity contribution in [1.82, 2.24) is 9.78 Å². The Morgan fingerprint density at radius 3 is 2.29 bits per heavy atom. The van der Waals surface area contributed by atoms with E-state index in [1.165, 1.54) is 0 Å². The second-order valence-electron chi connectivity index (χ2n) is 4.97. The van der Waals surface area contributed by atoms with Crippen molar-refractivity contribution in [2.75, 3.05) is 23.7 Å². The lowest BCUT2D eigenvalue weighted by Crippen LogP contribution is -2.53. The Bertz CT molecular complexity index is 356. The van der Waals surface area contributed by atoms with Crippen LogP contribution in [0.2, 0.25) is 0 Å². The second kappa shape index (κ2) is 2.65. The average molecular weight is 194 g/mol. The molecule has 0 saturated carbocycles. The van der Waals surface area contributed by atoms with E-state index in [1.54, 1.807) is 0 Å². The maximum Gasteiger partial charge on any atom is 0.150 e. The molecule has 2 N–H and O–H groups in total. The first-order valence-corrected chi connectivity index (χ1v) is 4.95. The molecule has 1 fully saturated rings. The molecular weight excluding hydrogens is 176 g/mol. The molecule has 2 rings (SSSR count). The van der Waals surface area contributed by atoms with E-state index in [0.717, 1.165) is 30.3 Å². The summed E-state index contributed by atoms with van der Waals surface area (Å²) in [4.78, 5) is 2.29. The molecule has 4 heteroatoms. The largest absolute Gasteiger partial charge is 0.394 e. The van der Waals surface area contributed by atoms with Gasteiger partial charge < -0.3 is 10.6 Å². The van der Waals surface area contributed by atoms with E-state index in [0.29, 0.717) is 5.41 Å². The minimum absolute atomic E-state index is 0.421. The van der Waals surface area contributed by atoms with Crippen LogP contribution in [0.25, 0.3) is 0 Å². The first-order valence-electron chi connectivity index (χ1n) is 4.95. The van der Waals surface area contributed by atoms with E-state index in [1.807, 2.05) is 18.7 Å². The van der Waals surface area contributed by atoms with Crippen molar-refractivity contribution in [3.63, 3.8) is 0 Å². The summed E-state index contributed by atoms with van der Waals surface area (Å²) in [5.74, 6) is 1.07. The van der Waals surface area contributed by atoms with E-state index in [4.69, 9.17) is 5.73 Å². The fourth-order valence-electron chi connectivity index (χ4n) is 2.17. The summed E-state index contributed by atoms with van der Waals surface area (Å²) >= 11 is 0. The van der Waals surface area contributed by atoms with Crippen LogP contribution in [0.1, 0.15) is 19.5 Å². The molecule has 78 valence electrons. The van der Waals surface area contributed by atoms with E-state index in [2.05, 4.69) is 23.8 Å². The first-order chi connectivity index (χ1) is 6.41. The molecule has 4 nitrogen and oxygen atoms in total. The standard InChI is InChI=1S/C10H18N4/c1-7-8(11)9(13(4)12-7)14-5-10(2,3)6-14/h5-6,11H2,1-4H3. The van der Waals surface area contributed by atoms with Crippen LogP contribution in [0, 0.1) is 12.3 Å². The van der Waals surface area contributed by atoms with Crippen molar-refractivity contribution < 1.29 is 0 Å². The Kier molecular flexibility index (Phi) is 1.77. The molecule has 0 spiro atoms. The van der Waals surface area contributed by atoms with E-state index < -0.39 is 0 Å². The number of hydrogen-bond acceptors (Lipinski definition) is 3. The molecule has 0 radical (unpaired) electrons. The van der Waals surface area contributed by atoms with Crippen LogP contribution in [0.15, 0.2) is 0 Å². The first kappa shape index (κ1) is 9.37. The molecule has 0 amide bonds. The maximum atomic E-state index is 5.98. The fourth-order valence-corrected chi connectivity index (χ4v) is 2.17. The summed E-state index contributed by atoms with van der Waals surface area (Å²) in [6.45, 7) is 8.61. The quantitative estimate of drug-likeness (QED) is 0.729. The van der Waals surface area contributed by atoms with Gasteiger partial charge in [-0.05, 0) is 12.3 Å². The normalized spacial score (nSPS) is 19.6. The minimum Gasteiger partial charge on any atom is -0.394 e. The van der Waals surface area contributed by atoms with Crippen LogP contribution in [0.3, 0.4) is 0 Å². The Hall–Kier alpha value is -1.19. The smallest absolute Gasteiger partial charge is 0.150 e. The van der Waals surface area contributed by atoms with Crippen molar-refractivity contribution in [2.24, 2.45) is 12.5 Å². The highest BCUT2D eigenvalue weighted by molar-refractivity contribution is 5.67. The molecule has 1 saturated heterocycles. The summed E-state index contributed by atoms with van der Waals surface area (Å²) < 4.78 is 1.87. The lowest BCUT2D eigenvalue weighted by molar-refractivity contribution is 0.272. The third kappa shape index (κ3) is 1.25. The number of aryl methyl sites for hydroxylation is 2. The van der Waals surface area contributed by atoms with Crippen molar-refractivity contribution in [3.8, 4) is 0 Å². The highest BCUT2D eigenvalue weighted by atomic mass is 15.4.